The third kappa shape index (κ3) is 8.01. The number of hydrogen-bond donors (Lipinski definition) is 2. The largest absolute Gasteiger partial charge is 0.376 e. The summed E-state index contributed by atoms with van der Waals surface area (Å²) in [6, 6.07) is 10.6. The highest BCUT2D eigenvalue weighted by molar-refractivity contribution is 7.85. The first kappa shape index (κ1) is 21.9. The minimum absolute atomic E-state index is 0.324. The van der Waals surface area contributed by atoms with E-state index in [4.69, 9.17) is 4.74 Å². The molecule has 1 aliphatic rings. The van der Waals surface area contributed by atoms with Crippen LogP contribution in [0.15, 0.2) is 35.3 Å². The van der Waals surface area contributed by atoms with Gasteiger partial charge in [0, 0.05) is 41.4 Å². The number of nitrogens with zero attached hydrogens (tertiary/aromatic N) is 1. The van der Waals surface area contributed by atoms with Crippen LogP contribution in [-0.2, 0) is 22.1 Å². The number of hydrogen-bond acceptors (Lipinski definition) is 3. The van der Waals surface area contributed by atoms with Gasteiger partial charge in [0.1, 0.15) is 0 Å². The number of nitrogens with one attached hydrogen (secondary N) is 2. The second kappa shape index (κ2) is 12.1. The summed E-state index contributed by atoms with van der Waals surface area (Å²) in [4.78, 5) is 4.35. The van der Waals surface area contributed by atoms with Crippen LogP contribution < -0.4 is 10.6 Å². The van der Waals surface area contributed by atoms with Gasteiger partial charge in [-0.1, -0.05) is 50.6 Å². The SMILES string of the molecule is CCS(=O)C1CCCC(NC(=NC)NCC(C)COCc2ccccc2)C1. The Hall–Kier alpha value is -1.40. The smallest absolute Gasteiger partial charge is 0.191 e. The molecule has 0 aromatic heterocycles. The highest BCUT2D eigenvalue weighted by Crippen LogP contribution is 2.22. The fourth-order valence-electron chi connectivity index (χ4n) is 3.42. The molecule has 1 aromatic rings. The maximum atomic E-state index is 12.1. The molecule has 1 aromatic carbocycles. The molecule has 5 nitrogen and oxygen atoms in total. The Kier molecular flexibility index (Phi) is 9.84. The lowest BCUT2D eigenvalue weighted by molar-refractivity contribution is 0.0931. The Labute approximate surface area is 166 Å². The van der Waals surface area contributed by atoms with Crippen LogP contribution in [0.3, 0.4) is 0 Å². The molecule has 0 saturated heterocycles. The first-order chi connectivity index (χ1) is 13.1. The summed E-state index contributed by atoms with van der Waals surface area (Å²) >= 11 is 0. The summed E-state index contributed by atoms with van der Waals surface area (Å²) in [6.45, 7) is 6.35. The molecular weight excluding hydrogens is 358 g/mol. The van der Waals surface area contributed by atoms with E-state index in [9.17, 15) is 4.21 Å². The van der Waals surface area contributed by atoms with Crippen molar-refractivity contribution in [2.75, 3.05) is 26.0 Å². The normalized spacial score (nSPS) is 22.9. The fourth-order valence-corrected chi connectivity index (χ4v) is 4.77. The third-order valence-corrected chi connectivity index (χ3v) is 6.72. The van der Waals surface area contributed by atoms with Gasteiger partial charge in [-0.15, -0.1) is 0 Å². The maximum absolute atomic E-state index is 12.1. The Morgan fingerprint density at radius 3 is 2.81 bits per heavy atom. The van der Waals surface area contributed by atoms with E-state index in [0.29, 0.717) is 30.4 Å². The number of aliphatic imine (C=N–C) groups is 1. The minimum atomic E-state index is -0.699. The molecule has 0 bridgehead atoms. The van der Waals surface area contributed by atoms with E-state index in [1.807, 2.05) is 25.1 Å². The van der Waals surface area contributed by atoms with Crippen LogP contribution in [-0.4, -0.2) is 47.4 Å². The lowest BCUT2D eigenvalue weighted by atomic mass is 9.95. The molecule has 0 amide bonds. The molecule has 6 heteroatoms. The summed E-state index contributed by atoms with van der Waals surface area (Å²) < 4.78 is 17.9. The van der Waals surface area contributed by atoms with E-state index in [1.54, 1.807) is 7.05 Å². The predicted octanol–water partition coefficient (Wildman–Crippen LogP) is 3.08. The van der Waals surface area contributed by atoms with Gasteiger partial charge in [-0.05, 0) is 30.7 Å². The van der Waals surface area contributed by atoms with Gasteiger partial charge in [-0.25, -0.2) is 0 Å². The van der Waals surface area contributed by atoms with Gasteiger partial charge in [-0.3, -0.25) is 9.20 Å². The van der Waals surface area contributed by atoms with E-state index >= 15 is 0 Å². The van der Waals surface area contributed by atoms with Crippen LogP contribution >= 0.6 is 0 Å². The molecule has 152 valence electrons. The van der Waals surface area contributed by atoms with Crippen LogP contribution in [0, 0.1) is 5.92 Å². The zero-order valence-corrected chi connectivity index (χ0v) is 17.8. The summed E-state index contributed by atoms with van der Waals surface area (Å²) in [5.74, 6) is 1.97. The Morgan fingerprint density at radius 2 is 2.11 bits per heavy atom. The van der Waals surface area contributed by atoms with Gasteiger partial charge in [0.2, 0.25) is 0 Å². The van der Waals surface area contributed by atoms with E-state index in [1.165, 1.54) is 5.56 Å². The van der Waals surface area contributed by atoms with Crippen LogP contribution in [0.25, 0.3) is 0 Å². The second-order valence-corrected chi connectivity index (χ2v) is 9.36. The standard InChI is InChI=1S/C21H35N3O2S/c1-4-27(25)20-12-8-11-19(13-20)24-21(22-3)23-14-17(2)15-26-16-18-9-6-5-7-10-18/h5-7,9-10,17,19-20H,4,8,11-16H2,1-3H3,(H2,22,23,24). The predicted molar refractivity (Wildman–Crippen MR) is 114 cm³/mol. The lowest BCUT2D eigenvalue weighted by Crippen LogP contribution is -2.47. The zero-order valence-electron chi connectivity index (χ0n) is 16.9. The Bertz CT molecular complexity index is 594. The molecule has 0 aliphatic heterocycles. The maximum Gasteiger partial charge on any atom is 0.191 e. The molecule has 2 N–H and O–H groups in total. The zero-order chi connectivity index (χ0) is 19.5. The van der Waals surface area contributed by atoms with Crippen molar-refractivity contribution in [3.05, 3.63) is 35.9 Å². The molecule has 4 atom stereocenters. The molecule has 27 heavy (non-hydrogen) atoms. The molecule has 0 spiro atoms. The number of benzene rings is 1. The Balaban J connectivity index is 1.67. The van der Waals surface area contributed by atoms with Crippen LogP contribution in [0.2, 0.25) is 0 Å². The Morgan fingerprint density at radius 1 is 1.33 bits per heavy atom. The number of guanidine groups is 1. The highest BCUT2D eigenvalue weighted by atomic mass is 32.2. The lowest BCUT2D eigenvalue weighted by Gasteiger charge is -2.30. The van der Waals surface area contributed by atoms with Crippen molar-refractivity contribution >= 4 is 16.8 Å². The van der Waals surface area contributed by atoms with Crippen molar-refractivity contribution in [1.29, 1.82) is 0 Å². The van der Waals surface area contributed by atoms with Crippen LogP contribution in [0.1, 0.15) is 45.1 Å². The van der Waals surface area contributed by atoms with Gasteiger partial charge in [0.15, 0.2) is 5.96 Å². The first-order valence-corrected chi connectivity index (χ1v) is 11.5. The molecular formula is C21H35N3O2S. The van der Waals surface area contributed by atoms with E-state index in [2.05, 4.69) is 34.7 Å². The van der Waals surface area contributed by atoms with Crippen molar-refractivity contribution in [2.45, 2.75) is 57.4 Å². The van der Waals surface area contributed by atoms with E-state index in [0.717, 1.165) is 43.9 Å². The topological polar surface area (TPSA) is 62.7 Å². The molecule has 1 aliphatic carbocycles. The average molecular weight is 394 g/mol. The van der Waals surface area contributed by atoms with E-state index in [-0.39, 0.29) is 0 Å². The van der Waals surface area contributed by atoms with Crippen LogP contribution in [0.4, 0.5) is 0 Å². The number of rotatable bonds is 9. The molecule has 2 rings (SSSR count). The summed E-state index contributed by atoms with van der Waals surface area (Å²) in [5.41, 5.74) is 1.20. The van der Waals surface area contributed by atoms with Gasteiger partial charge < -0.3 is 15.4 Å². The fraction of sp³-hybridized carbons (Fsp3) is 0.667. The molecule has 4 unspecified atom stereocenters. The quantitative estimate of drug-likeness (QED) is 0.500. The third-order valence-electron chi connectivity index (χ3n) is 4.98. The summed E-state index contributed by atoms with van der Waals surface area (Å²) in [6.07, 6.45) is 4.31. The van der Waals surface area contributed by atoms with Crippen molar-refractivity contribution in [2.24, 2.45) is 10.9 Å². The summed E-state index contributed by atoms with van der Waals surface area (Å²) in [7, 11) is 1.10. The first-order valence-electron chi connectivity index (χ1n) is 10.1. The van der Waals surface area contributed by atoms with Crippen molar-refractivity contribution in [1.82, 2.24) is 10.6 Å². The van der Waals surface area contributed by atoms with Crippen molar-refractivity contribution in [3.63, 3.8) is 0 Å². The monoisotopic (exact) mass is 393 g/mol. The van der Waals surface area contributed by atoms with Gasteiger partial charge in [0.05, 0.1) is 13.2 Å². The van der Waals surface area contributed by atoms with Gasteiger partial charge >= 0.3 is 0 Å². The summed E-state index contributed by atoms with van der Waals surface area (Å²) in [5, 5.41) is 7.25. The number of ether oxygens (including phenoxy) is 1. The second-order valence-electron chi connectivity index (χ2n) is 7.36. The van der Waals surface area contributed by atoms with Gasteiger partial charge in [-0.2, -0.15) is 0 Å². The van der Waals surface area contributed by atoms with E-state index < -0.39 is 10.8 Å². The molecule has 0 heterocycles. The molecule has 0 radical (unpaired) electrons. The van der Waals surface area contributed by atoms with Crippen molar-refractivity contribution < 1.29 is 8.95 Å². The van der Waals surface area contributed by atoms with Gasteiger partial charge in [0.25, 0.3) is 0 Å². The highest BCUT2D eigenvalue weighted by Gasteiger charge is 2.26. The molecule has 1 saturated carbocycles. The minimum Gasteiger partial charge on any atom is -0.376 e. The van der Waals surface area contributed by atoms with Crippen LogP contribution in [0.5, 0.6) is 0 Å². The van der Waals surface area contributed by atoms with Crippen molar-refractivity contribution in [3.8, 4) is 0 Å². The average Bonchev–Trinajstić information content (AvgIpc) is 2.71. The molecule has 1 fully saturated rings.